The Morgan fingerprint density at radius 2 is 1.85 bits per heavy atom. The number of benzene rings is 1. The molecule has 20 heavy (non-hydrogen) atoms. The molecule has 0 spiro atoms. The average Bonchev–Trinajstić information content (AvgIpc) is 2.26. The zero-order valence-electron chi connectivity index (χ0n) is 11.9. The number of hydrogen-bond donors (Lipinski definition) is 1. The molecule has 0 bridgehead atoms. The van der Waals surface area contributed by atoms with Gasteiger partial charge >= 0.3 is 6.18 Å². The average molecular weight is 354 g/mol. The van der Waals surface area contributed by atoms with Crippen molar-refractivity contribution in [2.75, 3.05) is 12.4 Å². The van der Waals surface area contributed by atoms with Gasteiger partial charge in [0.1, 0.15) is 0 Å². The SMILES string of the molecule is COC(C)(C)CC(C)Nc1cc(Br)cc(C(F)(F)F)c1. The third-order valence-electron chi connectivity index (χ3n) is 2.99. The van der Waals surface area contributed by atoms with Gasteiger partial charge in [0.05, 0.1) is 11.2 Å². The second-order valence-corrected chi connectivity index (χ2v) is 6.36. The number of rotatable bonds is 5. The summed E-state index contributed by atoms with van der Waals surface area (Å²) in [5.74, 6) is 0. The van der Waals surface area contributed by atoms with Gasteiger partial charge in [0.25, 0.3) is 0 Å². The fourth-order valence-electron chi connectivity index (χ4n) is 1.99. The zero-order chi connectivity index (χ0) is 15.6. The highest BCUT2D eigenvalue weighted by Gasteiger charge is 2.31. The fraction of sp³-hybridized carbons (Fsp3) is 0.571. The number of methoxy groups -OCH3 is 1. The molecule has 1 unspecified atom stereocenters. The molecule has 1 aromatic carbocycles. The molecule has 0 saturated heterocycles. The van der Waals surface area contributed by atoms with Gasteiger partial charge in [-0.3, -0.25) is 0 Å². The minimum absolute atomic E-state index is 0.0136. The highest BCUT2D eigenvalue weighted by Crippen LogP contribution is 2.33. The summed E-state index contributed by atoms with van der Waals surface area (Å²) in [5, 5.41) is 3.08. The Morgan fingerprint density at radius 3 is 2.35 bits per heavy atom. The van der Waals surface area contributed by atoms with Crippen LogP contribution in [0.5, 0.6) is 0 Å². The van der Waals surface area contributed by atoms with Gasteiger partial charge in [-0.2, -0.15) is 13.2 Å². The second-order valence-electron chi connectivity index (χ2n) is 5.44. The van der Waals surface area contributed by atoms with E-state index in [0.29, 0.717) is 16.6 Å². The van der Waals surface area contributed by atoms with Crippen LogP contribution in [0.1, 0.15) is 32.8 Å². The van der Waals surface area contributed by atoms with Gasteiger partial charge in [0.2, 0.25) is 0 Å². The van der Waals surface area contributed by atoms with Crippen LogP contribution in [0, 0.1) is 0 Å². The van der Waals surface area contributed by atoms with Crippen molar-refractivity contribution in [3.05, 3.63) is 28.2 Å². The van der Waals surface area contributed by atoms with E-state index in [2.05, 4.69) is 21.2 Å². The number of halogens is 4. The van der Waals surface area contributed by atoms with Crippen LogP contribution in [-0.2, 0) is 10.9 Å². The number of ether oxygens (including phenoxy) is 1. The van der Waals surface area contributed by atoms with Crippen molar-refractivity contribution in [1.29, 1.82) is 0 Å². The summed E-state index contributed by atoms with van der Waals surface area (Å²) in [4.78, 5) is 0. The van der Waals surface area contributed by atoms with Gasteiger partial charge in [-0.15, -0.1) is 0 Å². The van der Waals surface area contributed by atoms with E-state index < -0.39 is 11.7 Å². The Hall–Kier alpha value is -0.750. The molecule has 1 N–H and O–H groups in total. The summed E-state index contributed by atoms with van der Waals surface area (Å²) >= 11 is 3.11. The van der Waals surface area contributed by atoms with E-state index in [9.17, 15) is 13.2 Å². The van der Waals surface area contributed by atoms with Gasteiger partial charge < -0.3 is 10.1 Å². The standard InChI is InChI=1S/C14H19BrF3NO/c1-9(8-13(2,3)20-4)19-12-6-10(14(16,17)18)5-11(15)7-12/h5-7,9,19H,8H2,1-4H3. The first-order valence-corrected chi connectivity index (χ1v) is 7.02. The van der Waals surface area contributed by atoms with Crippen molar-refractivity contribution in [3.8, 4) is 0 Å². The summed E-state index contributed by atoms with van der Waals surface area (Å²) in [6, 6.07) is 3.79. The van der Waals surface area contributed by atoms with Crippen molar-refractivity contribution in [3.63, 3.8) is 0 Å². The minimum Gasteiger partial charge on any atom is -0.382 e. The molecule has 2 nitrogen and oxygen atoms in total. The summed E-state index contributed by atoms with van der Waals surface area (Å²) in [7, 11) is 1.62. The summed E-state index contributed by atoms with van der Waals surface area (Å²) < 4.78 is 43.9. The lowest BCUT2D eigenvalue weighted by molar-refractivity contribution is -0.137. The molecule has 1 aromatic rings. The fourth-order valence-corrected chi connectivity index (χ4v) is 2.49. The van der Waals surface area contributed by atoms with Crippen LogP contribution in [-0.4, -0.2) is 18.8 Å². The molecular weight excluding hydrogens is 335 g/mol. The highest BCUT2D eigenvalue weighted by molar-refractivity contribution is 9.10. The molecule has 6 heteroatoms. The molecular formula is C14H19BrF3NO. The topological polar surface area (TPSA) is 21.3 Å². The van der Waals surface area contributed by atoms with Crippen molar-refractivity contribution in [1.82, 2.24) is 0 Å². The van der Waals surface area contributed by atoms with Gasteiger partial charge in [-0.25, -0.2) is 0 Å². The van der Waals surface area contributed by atoms with Crippen molar-refractivity contribution in [2.24, 2.45) is 0 Å². The van der Waals surface area contributed by atoms with Crippen LogP contribution in [0.15, 0.2) is 22.7 Å². The van der Waals surface area contributed by atoms with E-state index in [-0.39, 0.29) is 11.6 Å². The minimum atomic E-state index is -4.35. The van der Waals surface area contributed by atoms with Crippen LogP contribution in [0.4, 0.5) is 18.9 Å². The number of nitrogens with one attached hydrogen (secondary N) is 1. The summed E-state index contributed by atoms with van der Waals surface area (Å²) in [6.45, 7) is 5.79. The molecule has 1 rings (SSSR count). The van der Waals surface area contributed by atoms with E-state index in [0.717, 1.165) is 12.1 Å². The normalized spacial score (nSPS) is 14.2. The van der Waals surface area contributed by atoms with Crippen LogP contribution in [0.25, 0.3) is 0 Å². The molecule has 0 saturated carbocycles. The second kappa shape index (κ2) is 6.35. The molecule has 0 aliphatic rings. The van der Waals surface area contributed by atoms with Gasteiger partial charge in [-0.1, -0.05) is 15.9 Å². The quantitative estimate of drug-likeness (QED) is 0.796. The monoisotopic (exact) mass is 353 g/mol. The first-order valence-electron chi connectivity index (χ1n) is 6.23. The first kappa shape index (κ1) is 17.3. The molecule has 0 amide bonds. The lowest BCUT2D eigenvalue weighted by Gasteiger charge is -2.27. The van der Waals surface area contributed by atoms with E-state index in [1.807, 2.05) is 20.8 Å². The van der Waals surface area contributed by atoms with E-state index in [1.165, 1.54) is 0 Å². The Kier molecular flexibility index (Phi) is 5.49. The Bertz CT molecular complexity index is 460. The van der Waals surface area contributed by atoms with Crippen LogP contribution >= 0.6 is 15.9 Å². The molecule has 0 fully saturated rings. The van der Waals surface area contributed by atoms with Gasteiger partial charge in [0.15, 0.2) is 0 Å². The van der Waals surface area contributed by atoms with Gasteiger partial charge in [-0.05, 0) is 45.4 Å². The molecule has 0 aliphatic carbocycles. The van der Waals surface area contributed by atoms with Crippen molar-refractivity contribution >= 4 is 21.6 Å². The molecule has 0 heterocycles. The Balaban J connectivity index is 2.85. The van der Waals surface area contributed by atoms with E-state index >= 15 is 0 Å². The maximum Gasteiger partial charge on any atom is 0.416 e. The first-order chi connectivity index (χ1) is 9.03. The Labute approximate surface area is 125 Å². The van der Waals surface area contributed by atoms with Crippen molar-refractivity contribution < 1.29 is 17.9 Å². The zero-order valence-corrected chi connectivity index (χ0v) is 13.5. The molecule has 0 aromatic heterocycles. The van der Waals surface area contributed by atoms with Crippen LogP contribution in [0.2, 0.25) is 0 Å². The number of alkyl halides is 3. The maximum atomic E-state index is 12.7. The number of anilines is 1. The predicted octanol–water partition coefficient (Wildman–Crippen LogP) is 5.08. The molecule has 1 atom stereocenters. The van der Waals surface area contributed by atoms with Crippen molar-refractivity contribution in [2.45, 2.75) is 45.0 Å². The third-order valence-corrected chi connectivity index (χ3v) is 3.45. The largest absolute Gasteiger partial charge is 0.416 e. The summed E-state index contributed by atoms with van der Waals surface area (Å²) in [6.07, 6.45) is -3.67. The van der Waals surface area contributed by atoms with Crippen LogP contribution in [0.3, 0.4) is 0 Å². The smallest absolute Gasteiger partial charge is 0.382 e. The lowest BCUT2D eigenvalue weighted by atomic mass is 9.99. The third kappa shape index (κ3) is 5.32. The summed E-state index contributed by atoms with van der Waals surface area (Å²) in [5.41, 5.74) is -0.565. The molecule has 0 radical (unpaired) electrons. The Morgan fingerprint density at radius 1 is 1.25 bits per heavy atom. The number of hydrogen-bond acceptors (Lipinski definition) is 2. The van der Waals surface area contributed by atoms with E-state index in [1.54, 1.807) is 13.2 Å². The van der Waals surface area contributed by atoms with Gasteiger partial charge in [0, 0.05) is 23.3 Å². The highest BCUT2D eigenvalue weighted by atomic mass is 79.9. The van der Waals surface area contributed by atoms with E-state index in [4.69, 9.17) is 4.74 Å². The lowest BCUT2D eigenvalue weighted by Crippen LogP contribution is -2.31. The van der Waals surface area contributed by atoms with Crippen LogP contribution < -0.4 is 5.32 Å². The maximum absolute atomic E-state index is 12.7. The molecule has 0 aliphatic heterocycles. The predicted molar refractivity (Wildman–Crippen MR) is 77.9 cm³/mol. The molecule has 114 valence electrons.